The highest BCUT2D eigenvalue weighted by Gasteiger charge is 2.29. The van der Waals surface area contributed by atoms with Gasteiger partial charge in [-0.3, -0.25) is 14.9 Å². The van der Waals surface area contributed by atoms with Crippen LogP contribution in [0.2, 0.25) is 0 Å². The zero-order valence-corrected chi connectivity index (χ0v) is 22.0. The molecule has 11 heteroatoms. The summed E-state index contributed by atoms with van der Waals surface area (Å²) in [5.74, 6) is 2.37. The second-order valence-electron chi connectivity index (χ2n) is 9.65. The topological polar surface area (TPSA) is 116 Å². The van der Waals surface area contributed by atoms with Crippen LogP contribution in [-0.2, 0) is 11.2 Å². The second-order valence-corrected chi connectivity index (χ2v) is 10.7. The first-order chi connectivity index (χ1) is 18.6. The maximum atomic E-state index is 12.2. The molecule has 6 rings (SSSR count). The van der Waals surface area contributed by atoms with Crippen LogP contribution in [0.1, 0.15) is 24.1 Å². The Morgan fingerprint density at radius 2 is 1.74 bits per heavy atom. The van der Waals surface area contributed by atoms with Gasteiger partial charge in [-0.1, -0.05) is 12.1 Å². The summed E-state index contributed by atoms with van der Waals surface area (Å²) in [6, 6.07) is 14.1. The number of carbonyl (C=O) groups excluding carboxylic acids is 1. The Hall–Kier alpha value is -3.99. The number of nitrogens with zero attached hydrogens (tertiary/aromatic N) is 7. The van der Waals surface area contributed by atoms with Crippen molar-refractivity contribution in [3.8, 4) is 0 Å². The van der Waals surface area contributed by atoms with Crippen LogP contribution >= 0.6 is 11.8 Å². The molecule has 1 saturated heterocycles. The third-order valence-electron chi connectivity index (χ3n) is 6.68. The maximum Gasteiger partial charge on any atom is 0.234 e. The number of carbonyl (C=O) groups is 1. The van der Waals surface area contributed by atoms with E-state index < -0.39 is 0 Å². The fourth-order valence-corrected chi connectivity index (χ4v) is 5.18. The third kappa shape index (κ3) is 5.94. The molecule has 0 amide bonds. The fourth-order valence-electron chi connectivity index (χ4n) is 4.44. The molecule has 3 aromatic heterocycles. The standard InChI is InChI=1S/C27H29N9OS/c1-18-16-24(34-33-18)29-25-30-26(36-14-12-35(13-15-36)21-8-10-28-11-9-21)32-27(31-25)38-22-6-2-19(3-7-22)17-23(37)20-4-5-20/h2-3,6-11,16,20H,4-5,12-15,17H2,1H3,(H2,29,30,31,32,33,34). The Balaban J connectivity index is 1.19. The van der Waals surface area contributed by atoms with Gasteiger partial charge in [0.2, 0.25) is 11.9 Å². The van der Waals surface area contributed by atoms with Crippen LogP contribution in [0.25, 0.3) is 0 Å². The highest BCUT2D eigenvalue weighted by molar-refractivity contribution is 7.99. The SMILES string of the molecule is Cc1cc(Nc2nc(Sc3ccc(CC(=O)C4CC4)cc3)nc(N3CCN(c4ccncc4)CC3)n2)n[nH]1. The summed E-state index contributed by atoms with van der Waals surface area (Å²) in [5.41, 5.74) is 3.17. The van der Waals surface area contributed by atoms with Crippen LogP contribution in [0, 0.1) is 12.8 Å². The molecule has 2 fully saturated rings. The van der Waals surface area contributed by atoms with E-state index in [4.69, 9.17) is 9.97 Å². The molecule has 0 bridgehead atoms. The molecule has 1 aliphatic carbocycles. The lowest BCUT2D eigenvalue weighted by atomic mass is 10.1. The number of nitrogens with one attached hydrogen (secondary N) is 2. The van der Waals surface area contributed by atoms with Crippen molar-refractivity contribution in [2.45, 2.75) is 36.2 Å². The molecule has 0 spiro atoms. The summed E-state index contributed by atoms with van der Waals surface area (Å²) in [6.07, 6.45) is 6.24. The van der Waals surface area contributed by atoms with Crippen LogP contribution in [0.15, 0.2) is 64.9 Å². The highest BCUT2D eigenvalue weighted by Crippen LogP contribution is 2.32. The van der Waals surface area contributed by atoms with Crippen molar-refractivity contribution in [3.63, 3.8) is 0 Å². The normalized spacial score (nSPS) is 15.5. The first kappa shape index (κ1) is 24.4. The molecule has 4 aromatic rings. The number of aromatic nitrogens is 6. The molecule has 1 aliphatic heterocycles. The first-order valence-corrected chi connectivity index (χ1v) is 13.7. The van der Waals surface area contributed by atoms with E-state index in [2.05, 4.69) is 35.3 Å². The molecule has 0 atom stereocenters. The largest absolute Gasteiger partial charge is 0.368 e. The van der Waals surface area contributed by atoms with Crippen LogP contribution in [0.3, 0.4) is 0 Å². The molecule has 0 radical (unpaired) electrons. The van der Waals surface area contributed by atoms with Gasteiger partial charge < -0.3 is 15.1 Å². The van der Waals surface area contributed by atoms with Crippen molar-refractivity contribution in [3.05, 3.63) is 66.1 Å². The fraction of sp³-hybridized carbons (Fsp3) is 0.333. The smallest absolute Gasteiger partial charge is 0.234 e. The minimum absolute atomic E-state index is 0.281. The molecular formula is C27H29N9OS. The van der Waals surface area contributed by atoms with Crippen molar-refractivity contribution in [1.82, 2.24) is 30.1 Å². The lowest BCUT2D eigenvalue weighted by Gasteiger charge is -2.36. The van der Waals surface area contributed by atoms with Crippen LogP contribution in [-0.4, -0.2) is 62.1 Å². The minimum atomic E-state index is 0.281. The minimum Gasteiger partial charge on any atom is -0.368 e. The zero-order valence-electron chi connectivity index (χ0n) is 21.2. The lowest BCUT2D eigenvalue weighted by Crippen LogP contribution is -2.47. The predicted octanol–water partition coefficient (Wildman–Crippen LogP) is 4.04. The van der Waals surface area contributed by atoms with Crippen molar-refractivity contribution >= 4 is 40.9 Å². The number of piperazine rings is 1. The summed E-state index contributed by atoms with van der Waals surface area (Å²) in [7, 11) is 0. The summed E-state index contributed by atoms with van der Waals surface area (Å²) < 4.78 is 0. The average molecular weight is 528 g/mol. The monoisotopic (exact) mass is 527 g/mol. The van der Waals surface area contributed by atoms with Crippen molar-refractivity contribution in [2.24, 2.45) is 5.92 Å². The summed E-state index contributed by atoms with van der Waals surface area (Å²) in [5, 5.41) is 11.0. The van der Waals surface area contributed by atoms with Crippen LogP contribution in [0.5, 0.6) is 0 Å². The van der Waals surface area contributed by atoms with Gasteiger partial charge in [0, 0.05) is 73.3 Å². The summed E-state index contributed by atoms with van der Waals surface area (Å²) in [6.45, 7) is 5.26. The quantitative estimate of drug-likeness (QED) is 0.330. The Morgan fingerprint density at radius 3 is 2.42 bits per heavy atom. The Bertz CT molecular complexity index is 1400. The second kappa shape index (κ2) is 10.8. The third-order valence-corrected chi connectivity index (χ3v) is 7.56. The molecule has 194 valence electrons. The van der Waals surface area contributed by atoms with E-state index in [1.54, 1.807) is 0 Å². The van der Waals surface area contributed by atoms with Gasteiger partial charge in [-0.25, -0.2) is 0 Å². The number of ketones is 1. The number of anilines is 4. The van der Waals surface area contributed by atoms with Gasteiger partial charge in [-0.05, 0) is 61.4 Å². The summed E-state index contributed by atoms with van der Waals surface area (Å²) >= 11 is 1.48. The lowest BCUT2D eigenvalue weighted by molar-refractivity contribution is -0.119. The summed E-state index contributed by atoms with van der Waals surface area (Å²) in [4.78, 5) is 36.1. The first-order valence-electron chi connectivity index (χ1n) is 12.8. The average Bonchev–Trinajstić information content (AvgIpc) is 3.72. The molecule has 4 heterocycles. The van der Waals surface area contributed by atoms with Gasteiger partial charge in [-0.2, -0.15) is 20.1 Å². The number of pyridine rings is 1. The van der Waals surface area contributed by atoms with E-state index >= 15 is 0 Å². The van der Waals surface area contributed by atoms with E-state index in [0.717, 1.165) is 55.2 Å². The predicted molar refractivity (Wildman–Crippen MR) is 147 cm³/mol. The van der Waals surface area contributed by atoms with Crippen molar-refractivity contribution < 1.29 is 4.79 Å². The zero-order chi connectivity index (χ0) is 25.9. The number of benzene rings is 1. The molecule has 10 nitrogen and oxygen atoms in total. The van der Waals surface area contributed by atoms with E-state index in [1.807, 2.05) is 61.8 Å². The Labute approximate surface area is 225 Å². The molecule has 38 heavy (non-hydrogen) atoms. The maximum absolute atomic E-state index is 12.2. The van der Waals surface area contributed by atoms with Crippen LogP contribution < -0.4 is 15.1 Å². The number of rotatable bonds is 9. The van der Waals surface area contributed by atoms with Crippen molar-refractivity contribution in [2.75, 3.05) is 41.3 Å². The number of Topliss-reactive ketones (excluding diaryl/α,β-unsaturated/α-hetero) is 1. The van der Waals surface area contributed by atoms with Crippen LogP contribution in [0.4, 0.5) is 23.4 Å². The number of aryl methyl sites for hydroxylation is 1. The van der Waals surface area contributed by atoms with Gasteiger partial charge in [0.05, 0.1) is 0 Å². The van der Waals surface area contributed by atoms with Gasteiger partial charge in [-0.15, -0.1) is 0 Å². The number of H-pyrrole nitrogens is 1. The van der Waals surface area contributed by atoms with E-state index in [1.165, 1.54) is 17.4 Å². The van der Waals surface area contributed by atoms with E-state index in [-0.39, 0.29) is 5.92 Å². The number of aromatic amines is 1. The number of hydrogen-bond donors (Lipinski definition) is 2. The van der Waals surface area contributed by atoms with Gasteiger partial charge in [0.15, 0.2) is 11.0 Å². The van der Waals surface area contributed by atoms with Crippen molar-refractivity contribution in [1.29, 1.82) is 0 Å². The van der Waals surface area contributed by atoms with E-state index in [0.29, 0.717) is 35.1 Å². The number of hydrogen-bond acceptors (Lipinski definition) is 10. The Kier molecular flexibility index (Phi) is 6.91. The molecule has 1 saturated carbocycles. The highest BCUT2D eigenvalue weighted by atomic mass is 32.2. The Morgan fingerprint density at radius 1 is 1.00 bits per heavy atom. The molecular weight excluding hydrogens is 498 g/mol. The molecule has 2 N–H and O–H groups in total. The molecule has 0 unspecified atom stereocenters. The molecule has 1 aromatic carbocycles. The van der Waals surface area contributed by atoms with Gasteiger partial charge >= 0.3 is 0 Å². The van der Waals surface area contributed by atoms with Gasteiger partial charge in [0.1, 0.15) is 5.78 Å². The molecule has 2 aliphatic rings. The van der Waals surface area contributed by atoms with Gasteiger partial charge in [0.25, 0.3) is 0 Å². The van der Waals surface area contributed by atoms with E-state index in [9.17, 15) is 4.79 Å².